The first kappa shape index (κ1) is 47.4. The summed E-state index contributed by atoms with van der Waals surface area (Å²) < 4.78 is 8.24. The third-order valence-electron chi connectivity index (χ3n) is 15.4. The van der Waals surface area contributed by atoms with E-state index in [-0.39, 0.29) is 0 Å². The van der Waals surface area contributed by atoms with Crippen LogP contribution in [0.4, 0.5) is 0 Å². The number of hydrogen-bond donors (Lipinski definition) is 0. The van der Waals surface area contributed by atoms with Crippen LogP contribution in [0.25, 0.3) is 12.2 Å². The van der Waals surface area contributed by atoms with Crippen LogP contribution in [0.15, 0.2) is 35.4 Å². The van der Waals surface area contributed by atoms with Gasteiger partial charge in [0, 0.05) is 0 Å². The Morgan fingerprint density at radius 1 is 0.473 bits per heavy atom. The Bertz CT molecular complexity index is 1490. The molecule has 2 aliphatic rings. The molecule has 0 saturated carbocycles. The SMILES string of the molecule is CCC[CH2][Zr]([CH2]CCC)([CH]1C(CC)=Cc2c(C(C)C)cc(C(C)C)cc21)[C](C)(C)[Zr]([CH2]CCC)([CH2]CCC)[CH]1C(CC)=Cc2c(C(C)C)cc(C(C)C)cc21. The molecule has 0 bridgehead atoms. The summed E-state index contributed by atoms with van der Waals surface area (Å²) in [5.74, 6) is 2.22. The van der Waals surface area contributed by atoms with Gasteiger partial charge in [-0.2, -0.15) is 0 Å². The summed E-state index contributed by atoms with van der Waals surface area (Å²) in [7, 11) is 0. The Morgan fingerprint density at radius 3 is 1.02 bits per heavy atom. The van der Waals surface area contributed by atoms with E-state index in [1.165, 1.54) is 64.2 Å². The van der Waals surface area contributed by atoms with Crippen molar-refractivity contribution in [3.05, 3.63) is 79.9 Å². The third-order valence-corrected chi connectivity index (χ3v) is 63.2. The molecule has 0 heterocycles. The zero-order valence-corrected chi connectivity index (χ0v) is 44.2. The van der Waals surface area contributed by atoms with E-state index in [0.29, 0.717) is 24.5 Å². The van der Waals surface area contributed by atoms with E-state index in [1.807, 2.05) is 22.3 Å². The van der Waals surface area contributed by atoms with Crippen molar-refractivity contribution in [3.63, 3.8) is 0 Å². The molecule has 0 aliphatic heterocycles. The maximum atomic E-state index is 3.05. The van der Waals surface area contributed by atoms with Crippen molar-refractivity contribution in [1.29, 1.82) is 0 Å². The first-order valence-electron chi connectivity index (χ1n) is 23.8. The summed E-state index contributed by atoms with van der Waals surface area (Å²) in [6.07, 6.45) is 19.1. The van der Waals surface area contributed by atoms with Crippen LogP contribution in [-0.2, 0) is 40.5 Å². The second-order valence-electron chi connectivity index (χ2n) is 20.2. The molecule has 2 aromatic carbocycles. The molecule has 2 aromatic rings. The number of rotatable bonds is 22. The minimum absolute atomic E-state index is 0.483. The van der Waals surface area contributed by atoms with Crippen LogP contribution in [0, 0.1) is 0 Å². The van der Waals surface area contributed by atoms with Crippen molar-refractivity contribution in [3.8, 4) is 0 Å². The third kappa shape index (κ3) is 9.08. The van der Waals surface area contributed by atoms with E-state index >= 15 is 0 Å². The van der Waals surface area contributed by atoms with E-state index in [1.54, 1.807) is 49.9 Å². The number of benzene rings is 2. The van der Waals surface area contributed by atoms with E-state index in [0.717, 1.165) is 7.25 Å². The second-order valence-corrected chi connectivity index (χ2v) is 48.5. The van der Waals surface area contributed by atoms with Crippen molar-refractivity contribution in [2.24, 2.45) is 0 Å². The standard InChI is InChI=1S/2C17H23.4C4H9.C3H6.2Zr/c2*1-6-13-7-15-9-14(11(2)3)10-16(12(4)5)17(15)8-13;4*1-3-4-2;1-3-2;;/h2*7-12H,6H2,1-5H3;4*1,3-4H2,2H3;1-2H3;;. The van der Waals surface area contributed by atoms with E-state index in [2.05, 4.69) is 147 Å². The van der Waals surface area contributed by atoms with Crippen LogP contribution in [0.3, 0.4) is 0 Å². The molecule has 0 aromatic heterocycles. The monoisotopic (exact) mass is 904 g/mol. The van der Waals surface area contributed by atoms with Crippen LogP contribution >= 0.6 is 0 Å². The molecule has 0 nitrogen and oxygen atoms in total. The Balaban J connectivity index is 2.22. The topological polar surface area (TPSA) is 0 Å². The van der Waals surface area contributed by atoms with Crippen LogP contribution in [-0.4, -0.2) is 0 Å². The molecule has 4 rings (SSSR count). The fourth-order valence-electron chi connectivity index (χ4n) is 12.0. The molecular weight excluding hydrogens is 819 g/mol. The van der Waals surface area contributed by atoms with Crippen molar-refractivity contribution < 1.29 is 40.5 Å². The zero-order chi connectivity index (χ0) is 40.9. The van der Waals surface area contributed by atoms with Gasteiger partial charge in [-0.25, -0.2) is 0 Å². The number of hydrogen-bond acceptors (Lipinski definition) is 0. The molecule has 2 atom stereocenters. The Kier molecular flexibility index (Phi) is 17.5. The normalized spacial score (nSPS) is 17.5. The zero-order valence-electron chi connectivity index (χ0n) is 39.3. The molecule has 308 valence electrons. The molecule has 0 radical (unpaired) electrons. The number of allylic oxidation sites excluding steroid dienone is 2. The molecule has 0 saturated heterocycles. The van der Waals surface area contributed by atoms with Gasteiger partial charge in [0.25, 0.3) is 0 Å². The number of fused-ring (bicyclic) bond motifs is 2. The van der Waals surface area contributed by atoms with Gasteiger partial charge in [-0.15, -0.1) is 0 Å². The Hall–Kier alpha value is -0.314. The average molecular weight is 908 g/mol. The quantitative estimate of drug-likeness (QED) is 0.110. The van der Waals surface area contributed by atoms with Gasteiger partial charge < -0.3 is 0 Å². The average Bonchev–Trinajstić information content (AvgIpc) is 3.73. The molecule has 2 heteroatoms. The van der Waals surface area contributed by atoms with Crippen LogP contribution in [0.5, 0.6) is 0 Å². The van der Waals surface area contributed by atoms with E-state index < -0.39 is 40.5 Å². The van der Waals surface area contributed by atoms with Gasteiger partial charge >= 0.3 is 356 Å². The summed E-state index contributed by atoms with van der Waals surface area (Å²) >= 11 is -6.65. The minimum atomic E-state index is -3.33. The molecule has 0 N–H and O–H groups in total. The summed E-state index contributed by atoms with van der Waals surface area (Å²) in [5, 5.41) is 0. The van der Waals surface area contributed by atoms with Gasteiger partial charge in [0.05, 0.1) is 0 Å². The van der Waals surface area contributed by atoms with E-state index in [9.17, 15) is 0 Å². The van der Waals surface area contributed by atoms with Gasteiger partial charge in [-0.05, 0) is 0 Å². The Labute approximate surface area is 352 Å². The maximum absolute atomic E-state index is 3.33. The first-order valence-corrected chi connectivity index (χ1v) is 36.1. The molecular formula is C53H88Zr2. The first-order chi connectivity index (χ1) is 26.1. The van der Waals surface area contributed by atoms with Crippen molar-refractivity contribution in [2.45, 2.75) is 223 Å². The summed E-state index contributed by atoms with van der Waals surface area (Å²) in [5.41, 5.74) is 17.1. The summed E-state index contributed by atoms with van der Waals surface area (Å²) in [4.78, 5) is 0. The molecule has 55 heavy (non-hydrogen) atoms. The van der Waals surface area contributed by atoms with Gasteiger partial charge in [0.2, 0.25) is 0 Å². The van der Waals surface area contributed by atoms with Gasteiger partial charge in [0.1, 0.15) is 0 Å². The van der Waals surface area contributed by atoms with Crippen molar-refractivity contribution >= 4 is 12.2 Å². The molecule has 0 spiro atoms. The fraction of sp³-hybridized carbons (Fsp3) is 0.698. The number of unbranched alkanes of at least 4 members (excludes halogenated alkanes) is 4. The van der Waals surface area contributed by atoms with Crippen molar-refractivity contribution in [2.75, 3.05) is 0 Å². The van der Waals surface area contributed by atoms with Crippen LogP contribution in [0.1, 0.15) is 250 Å². The van der Waals surface area contributed by atoms with Gasteiger partial charge in [-0.1, -0.05) is 0 Å². The Morgan fingerprint density at radius 2 is 0.782 bits per heavy atom. The second kappa shape index (κ2) is 20.3. The van der Waals surface area contributed by atoms with Crippen molar-refractivity contribution in [1.82, 2.24) is 0 Å². The molecule has 2 aliphatic carbocycles. The fourth-order valence-corrected chi connectivity index (χ4v) is 72.8. The van der Waals surface area contributed by atoms with Crippen LogP contribution < -0.4 is 0 Å². The molecule has 2 unspecified atom stereocenters. The summed E-state index contributed by atoms with van der Waals surface area (Å²) in [6, 6.07) is 10.9. The van der Waals surface area contributed by atoms with Gasteiger partial charge in [-0.3, -0.25) is 0 Å². The van der Waals surface area contributed by atoms with E-state index in [4.69, 9.17) is 0 Å². The molecule has 0 amide bonds. The predicted molar refractivity (Wildman–Crippen MR) is 244 cm³/mol. The van der Waals surface area contributed by atoms with Gasteiger partial charge in [0.15, 0.2) is 0 Å². The van der Waals surface area contributed by atoms with Crippen LogP contribution in [0.2, 0.25) is 17.3 Å². The predicted octanol–water partition coefficient (Wildman–Crippen LogP) is 18.9. The summed E-state index contributed by atoms with van der Waals surface area (Å²) in [6.45, 7) is 40.8. The molecule has 0 fully saturated rings.